The summed E-state index contributed by atoms with van der Waals surface area (Å²) in [5.41, 5.74) is 0. The lowest BCUT2D eigenvalue weighted by Crippen LogP contribution is -2.30. The average molecular weight is 248 g/mol. The molecule has 0 aliphatic rings. The maximum atomic E-state index is 11.6. The van der Waals surface area contributed by atoms with Crippen molar-refractivity contribution in [2.75, 3.05) is 18.1 Å². The lowest BCUT2D eigenvalue weighted by Gasteiger charge is -2.20. The van der Waals surface area contributed by atoms with Gasteiger partial charge in [0.1, 0.15) is 0 Å². The summed E-state index contributed by atoms with van der Waals surface area (Å²) >= 11 is 1.78. The maximum Gasteiger partial charge on any atom is 0.311 e. The molecule has 0 amide bonds. The van der Waals surface area contributed by atoms with Gasteiger partial charge in [-0.1, -0.05) is 20.3 Å². The SMILES string of the molecule is CCCC(C(=O)OCC)C(O)CCSCC. The molecule has 0 spiro atoms. The first-order chi connectivity index (χ1) is 7.67. The van der Waals surface area contributed by atoms with E-state index in [1.165, 1.54) is 0 Å². The normalized spacial score (nSPS) is 14.5. The van der Waals surface area contributed by atoms with Crippen LogP contribution in [-0.2, 0) is 9.53 Å². The fourth-order valence-electron chi connectivity index (χ4n) is 1.58. The molecule has 2 atom stereocenters. The topological polar surface area (TPSA) is 46.5 Å². The summed E-state index contributed by atoms with van der Waals surface area (Å²) in [7, 11) is 0. The van der Waals surface area contributed by atoms with E-state index in [2.05, 4.69) is 6.92 Å². The highest BCUT2D eigenvalue weighted by Crippen LogP contribution is 2.18. The van der Waals surface area contributed by atoms with E-state index >= 15 is 0 Å². The molecule has 0 heterocycles. The van der Waals surface area contributed by atoms with Gasteiger partial charge >= 0.3 is 5.97 Å². The van der Waals surface area contributed by atoms with Gasteiger partial charge in [0.15, 0.2) is 0 Å². The fraction of sp³-hybridized carbons (Fsp3) is 0.917. The smallest absolute Gasteiger partial charge is 0.311 e. The summed E-state index contributed by atoms with van der Waals surface area (Å²) in [6, 6.07) is 0. The van der Waals surface area contributed by atoms with Crippen molar-refractivity contribution < 1.29 is 14.6 Å². The van der Waals surface area contributed by atoms with Crippen molar-refractivity contribution in [3.8, 4) is 0 Å². The van der Waals surface area contributed by atoms with Gasteiger partial charge in [-0.15, -0.1) is 0 Å². The minimum absolute atomic E-state index is 0.252. The van der Waals surface area contributed by atoms with Crippen LogP contribution in [0.25, 0.3) is 0 Å². The number of rotatable bonds is 9. The van der Waals surface area contributed by atoms with Gasteiger partial charge in [-0.25, -0.2) is 0 Å². The zero-order chi connectivity index (χ0) is 12.4. The summed E-state index contributed by atoms with van der Waals surface area (Å²) in [6.45, 7) is 6.28. The Bertz CT molecular complexity index is 185. The Morgan fingerprint density at radius 1 is 1.31 bits per heavy atom. The van der Waals surface area contributed by atoms with Gasteiger partial charge in [-0.2, -0.15) is 11.8 Å². The minimum atomic E-state index is -0.557. The third kappa shape index (κ3) is 6.38. The van der Waals surface area contributed by atoms with E-state index in [4.69, 9.17) is 4.74 Å². The van der Waals surface area contributed by atoms with E-state index in [-0.39, 0.29) is 11.9 Å². The second kappa shape index (κ2) is 9.97. The van der Waals surface area contributed by atoms with Crippen molar-refractivity contribution in [3.05, 3.63) is 0 Å². The second-order valence-electron chi connectivity index (χ2n) is 3.70. The van der Waals surface area contributed by atoms with Gasteiger partial charge in [0, 0.05) is 0 Å². The van der Waals surface area contributed by atoms with Gasteiger partial charge in [-0.05, 0) is 31.3 Å². The van der Waals surface area contributed by atoms with Crippen LogP contribution in [0.1, 0.15) is 40.0 Å². The molecule has 0 saturated heterocycles. The van der Waals surface area contributed by atoms with Crippen molar-refractivity contribution in [1.82, 2.24) is 0 Å². The maximum absolute atomic E-state index is 11.6. The number of aliphatic hydroxyl groups is 1. The van der Waals surface area contributed by atoms with Crippen molar-refractivity contribution in [2.45, 2.75) is 46.1 Å². The predicted molar refractivity (Wildman–Crippen MR) is 68.7 cm³/mol. The highest BCUT2D eigenvalue weighted by molar-refractivity contribution is 7.99. The Hall–Kier alpha value is -0.220. The van der Waals surface area contributed by atoms with E-state index in [0.717, 1.165) is 17.9 Å². The van der Waals surface area contributed by atoms with E-state index in [0.29, 0.717) is 19.4 Å². The third-order valence-electron chi connectivity index (χ3n) is 2.42. The van der Waals surface area contributed by atoms with Crippen molar-refractivity contribution in [3.63, 3.8) is 0 Å². The van der Waals surface area contributed by atoms with Gasteiger partial charge in [-0.3, -0.25) is 4.79 Å². The number of carbonyl (C=O) groups is 1. The number of thioether (sulfide) groups is 1. The number of aliphatic hydroxyl groups excluding tert-OH is 1. The Morgan fingerprint density at radius 2 is 2.00 bits per heavy atom. The molecule has 0 bridgehead atoms. The minimum Gasteiger partial charge on any atom is -0.466 e. The van der Waals surface area contributed by atoms with E-state index in [9.17, 15) is 9.90 Å². The highest BCUT2D eigenvalue weighted by atomic mass is 32.2. The molecule has 0 aromatic heterocycles. The molecule has 0 aliphatic carbocycles. The molecule has 0 aromatic rings. The van der Waals surface area contributed by atoms with Crippen LogP contribution in [0.15, 0.2) is 0 Å². The van der Waals surface area contributed by atoms with Crippen LogP contribution >= 0.6 is 11.8 Å². The van der Waals surface area contributed by atoms with E-state index in [1.807, 2.05) is 6.92 Å². The molecule has 0 saturated carbocycles. The van der Waals surface area contributed by atoms with Gasteiger partial charge in [0.2, 0.25) is 0 Å². The van der Waals surface area contributed by atoms with Gasteiger partial charge < -0.3 is 9.84 Å². The number of hydrogen-bond donors (Lipinski definition) is 1. The lowest BCUT2D eigenvalue weighted by atomic mass is 9.95. The molecule has 0 aliphatic heterocycles. The molecular weight excluding hydrogens is 224 g/mol. The monoisotopic (exact) mass is 248 g/mol. The highest BCUT2D eigenvalue weighted by Gasteiger charge is 2.26. The third-order valence-corrected chi connectivity index (χ3v) is 3.35. The molecule has 0 aromatic carbocycles. The van der Waals surface area contributed by atoms with Crippen molar-refractivity contribution in [2.24, 2.45) is 5.92 Å². The molecule has 0 radical (unpaired) electrons. The quantitative estimate of drug-likeness (QED) is 0.503. The van der Waals surface area contributed by atoms with Gasteiger partial charge in [0.25, 0.3) is 0 Å². The summed E-state index contributed by atoms with van der Waals surface area (Å²) in [5.74, 6) is 1.35. The first-order valence-corrected chi connectivity index (χ1v) is 7.25. The largest absolute Gasteiger partial charge is 0.466 e. The molecule has 2 unspecified atom stereocenters. The molecule has 0 fully saturated rings. The van der Waals surface area contributed by atoms with Crippen LogP contribution in [0.5, 0.6) is 0 Å². The lowest BCUT2D eigenvalue weighted by molar-refractivity contribution is -0.152. The van der Waals surface area contributed by atoms with E-state index in [1.54, 1.807) is 18.7 Å². The molecule has 3 nitrogen and oxygen atoms in total. The Morgan fingerprint density at radius 3 is 2.50 bits per heavy atom. The molecular formula is C12H24O3S. The van der Waals surface area contributed by atoms with Crippen LogP contribution in [0.3, 0.4) is 0 Å². The standard InChI is InChI=1S/C12H24O3S/c1-4-7-10(12(14)15-5-2)11(13)8-9-16-6-3/h10-11,13H,4-9H2,1-3H3. The second-order valence-corrected chi connectivity index (χ2v) is 5.09. The van der Waals surface area contributed by atoms with Crippen LogP contribution in [-0.4, -0.2) is 35.3 Å². The summed E-state index contributed by atoms with van der Waals surface area (Å²) in [6.07, 6.45) is 1.71. The molecule has 0 rings (SSSR count). The number of ether oxygens (including phenoxy) is 1. The summed E-state index contributed by atoms with van der Waals surface area (Å²) in [4.78, 5) is 11.6. The van der Waals surface area contributed by atoms with Crippen LogP contribution in [0.4, 0.5) is 0 Å². The van der Waals surface area contributed by atoms with Crippen LogP contribution in [0.2, 0.25) is 0 Å². The number of carbonyl (C=O) groups excluding carboxylic acids is 1. The van der Waals surface area contributed by atoms with Crippen molar-refractivity contribution >= 4 is 17.7 Å². The summed E-state index contributed by atoms with van der Waals surface area (Å²) < 4.78 is 4.98. The number of hydrogen-bond acceptors (Lipinski definition) is 4. The Kier molecular flexibility index (Phi) is 9.83. The zero-order valence-electron chi connectivity index (χ0n) is 10.6. The molecule has 96 valence electrons. The Labute approximate surface area is 103 Å². The zero-order valence-corrected chi connectivity index (χ0v) is 11.4. The summed E-state index contributed by atoms with van der Waals surface area (Å²) in [5, 5.41) is 9.95. The number of esters is 1. The van der Waals surface area contributed by atoms with Crippen LogP contribution < -0.4 is 0 Å². The van der Waals surface area contributed by atoms with E-state index < -0.39 is 6.10 Å². The average Bonchev–Trinajstić information content (AvgIpc) is 2.26. The van der Waals surface area contributed by atoms with Crippen LogP contribution in [0, 0.1) is 5.92 Å². The molecule has 4 heteroatoms. The fourth-order valence-corrected chi connectivity index (χ4v) is 2.27. The molecule has 1 N–H and O–H groups in total. The Balaban J connectivity index is 4.11. The first kappa shape index (κ1) is 15.8. The van der Waals surface area contributed by atoms with Gasteiger partial charge in [0.05, 0.1) is 18.6 Å². The predicted octanol–water partition coefficient (Wildman–Crippen LogP) is 2.47. The molecule has 16 heavy (non-hydrogen) atoms. The van der Waals surface area contributed by atoms with Crippen molar-refractivity contribution in [1.29, 1.82) is 0 Å². The first-order valence-electron chi connectivity index (χ1n) is 6.09.